The lowest BCUT2D eigenvalue weighted by molar-refractivity contribution is 0.102. The highest BCUT2D eigenvalue weighted by atomic mass is 32.1. The smallest absolute Gasteiger partial charge is 0.276 e. The van der Waals surface area contributed by atoms with Gasteiger partial charge in [-0.05, 0) is 43.7 Å². The first kappa shape index (κ1) is 15.3. The van der Waals surface area contributed by atoms with Crippen molar-refractivity contribution in [2.45, 2.75) is 13.8 Å². The van der Waals surface area contributed by atoms with Crippen molar-refractivity contribution in [1.82, 2.24) is 9.97 Å². The van der Waals surface area contributed by atoms with E-state index in [1.165, 1.54) is 23.5 Å². The van der Waals surface area contributed by atoms with Crippen molar-refractivity contribution in [2.24, 2.45) is 0 Å². The minimum atomic E-state index is -0.327. The first-order chi connectivity index (χ1) is 11.0. The van der Waals surface area contributed by atoms with Crippen molar-refractivity contribution in [1.29, 1.82) is 0 Å². The van der Waals surface area contributed by atoms with Crippen LogP contribution >= 0.6 is 11.3 Å². The summed E-state index contributed by atoms with van der Waals surface area (Å²) in [6, 6.07) is 11.4. The third-order valence-electron chi connectivity index (χ3n) is 3.19. The fraction of sp³-hybridized carbons (Fsp3) is 0.118. The topological polar surface area (TPSA) is 54.9 Å². The molecule has 6 heteroatoms. The van der Waals surface area contributed by atoms with Crippen LogP contribution in [0.4, 0.5) is 10.2 Å². The van der Waals surface area contributed by atoms with Gasteiger partial charge in [-0.15, -0.1) is 11.3 Å². The van der Waals surface area contributed by atoms with Gasteiger partial charge in [-0.1, -0.05) is 18.2 Å². The SMILES string of the molecule is Cc1cccc(NC(=O)c2nc(C)sc2-c2ccc(F)cc2)n1. The van der Waals surface area contributed by atoms with Gasteiger partial charge < -0.3 is 5.32 Å². The van der Waals surface area contributed by atoms with E-state index in [4.69, 9.17) is 0 Å². The van der Waals surface area contributed by atoms with Gasteiger partial charge in [0, 0.05) is 5.69 Å². The molecular formula is C17H14FN3OS. The van der Waals surface area contributed by atoms with Crippen LogP contribution in [0.3, 0.4) is 0 Å². The number of hydrogen-bond acceptors (Lipinski definition) is 4. The van der Waals surface area contributed by atoms with Crippen LogP contribution in [0.1, 0.15) is 21.2 Å². The number of nitrogens with one attached hydrogen (secondary N) is 1. The summed E-state index contributed by atoms with van der Waals surface area (Å²) >= 11 is 1.40. The fourth-order valence-electron chi connectivity index (χ4n) is 2.17. The standard InChI is InChI=1S/C17H14FN3OS/c1-10-4-3-5-14(19-10)21-17(22)15-16(23-11(2)20-15)12-6-8-13(18)9-7-12/h3-9H,1-2H3,(H,19,21,22). The van der Waals surface area contributed by atoms with Crippen molar-refractivity contribution in [2.75, 3.05) is 5.32 Å². The summed E-state index contributed by atoms with van der Waals surface area (Å²) in [4.78, 5) is 21.8. The number of aryl methyl sites for hydroxylation is 2. The molecule has 0 spiro atoms. The van der Waals surface area contributed by atoms with Crippen molar-refractivity contribution >= 4 is 23.1 Å². The number of halogens is 1. The summed E-state index contributed by atoms with van der Waals surface area (Å²) in [6.45, 7) is 3.69. The molecule has 0 aliphatic carbocycles. The van der Waals surface area contributed by atoms with Crippen LogP contribution in [-0.4, -0.2) is 15.9 Å². The predicted octanol–water partition coefficient (Wildman–Crippen LogP) is 4.21. The molecule has 0 saturated carbocycles. The van der Waals surface area contributed by atoms with Crippen LogP contribution < -0.4 is 5.32 Å². The second-order valence-corrected chi connectivity index (χ2v) is 6.24. The Morgan fingerprint density at radius 3 is 2.52 bits per heavy atom. The van der Waals surface area contributed by atoms with Crippen molar-refractivity contribution in [3.8, 4) is 10.4 Å². The molecule has 3 rings (SSSR count). The molecule has 0 saturated heterocycles. The van der Waals surface area contributed by atoms with Crippen molar-refractivity contribution in [3.63, 3.8) is 0 Å². The molecule has 0 unspecified atom stereocenters. The number of carbonyl (C=O) groups is 1. The maximum absolute atomic E-state index is 13.1. The van der Waals surface area contributed by atoms with Crippen molar-refractivity contribution in [3.05, 3.63) is 64.7 Å². The summed E-state index contributed by atoms with van der Waals surface area (Å²) in [6.07, 6.45) is 0. The number of amides is 1. The number of thiazole rings is 1. The van der Waals surface area contributed by atoms with Gasteiger partial charge in [-0.25, -0.2) is 14.4 Å². The zero-order valence-corrected chi connectivity index (χ0v) is 13.4. The molecule has 2 heterocycles. The molecule has 0 atom stereocenters. The molecule has 1 N–H and O–H groups in total. The van der Waals surface area contributed by atoms with Crippen LogP contribution in [0.5, 0.6) is 0 Å². The molecule has 116 valence electrons. The Hall–Kier alpha value is -2.60. The zero-order chi connectivity index (χ0) is 16.4. The average molecular weight is 327 g/mol. The number of pyridine rings is 1. The van der Waals surface area contributed by atoms with E-state index in [2.05, 4.69) is 15.3 Å². The Kier molecular flexibility index (Phi) is 4.16. The van der Waals surface area contributed by atoms with E-state index in [1.54, 1.807) is 18.2 Å². The van der Waals surface area contributed by atoms with E-state index in [0.717, 1.165) is 16.3 Å². The largest absolute Gasteiger partial charge is 0.305 e. The van der Waals surface area contributed by atoms with E-state index in [-0.39, 0.29) is 11.7 Å². The van der Waals surface area contributed by atoms with Crippen LogP contribution in [0, 0.1) is 19.7 Å². The maximum atomic E-state index is 13.1. The summed E-state index contributed by atoms with van der Waals surface area (Å²) in [7, 11) is 0. The van der Waals surface area contributed by atoms with Gasteiger partial charge in [0.25, 0.3) is 5.91 Å². The summed E-state index contributed by atoms with van der Waals surface area (Å²) in [5.74, 6) is -0.164. The van der Waals surface area contributed by atoms with Gasteiger partial charge in [0.2, 0.25) is 0 Å². The van der Waals surface area contributed by atoms with Crippen LogP contribution in [0.15, 0.2) is 42.5 Å². The number of benzene rings is 1. The molecule has 0 bridgehead atoms. The lowest BCUT2D eigenvalue weighted by atomic mass is 10.1. The first-order valence-corrected chi connectivity index (χ1v) is 7.83. The van der Waals surface area contributed by atoms with Crippen LogP contribution in [0.25, 0.3) is 10.4 Å². The molecule has 1 aromatic carbocycles. The molecule has 4 nitrogen and oxygen atoms in total. The van der Waals surface area contributed by atoms with Gasteiger partial charge in [-0.2, -0.15) is 0 Å². The maximum Gasteiger partial charge on any atom is 0.276 e. The highest BCUT2D eigenvalue weighted by molar-refractivity contribution is 7.15. The number of carbonyl (C=O) groups excluding carboxylic acids is 1. The molecule has 0 fully saturated rings. The Morgan fingerprint density at radius 1 is 1.09 bits per heavy atom. The van der Waals surface area contributed by atoms with Gasteiger partial charge in [0.15, 0.2) is 0 Å². The van der Waals surface area contributed by atoms with E-state index in [0.29, 0.717) is 16.4 Å². The average Bonchev–Trinajstić information content (AvgIpc) is 2.90. The Balaban J connectivity index is 1.93. The molecule has 0 radical (unpaired) electrons. The number of rotatable bonds is 3. The molecular weight excluding hydrogens is 313 g/mol. The minimum absolute atomic E-state index is 0.315. The van der Waals surface area contributed by atoms with E-state index in [1.807, 2.05) is 26.0 Å². The minimum Gasteiger partial charge on any atom is -0.305 e. The van der Waals surface area contributed by atoms with E-state index < -0.39 is 0 Å². The molecule has 1 amide bonds. The lowest BCUT2D eigenvalue weighted by Gasteiger charge is -2.05. The van der Waals surface area contributed by atoms with Crippen molar-refractivity contribution < 1.29 is 9.18 Å². The van der Waals surface area contributed by atoms with Gasteiger partial charge in [0.1, 0.15) is 17.3 Å². The zero-order valence-electron chi connectivity index (χ0n) is 12.6. The highest BCUT2D eigenvalue weighted by Crippen LogP contribution is 2.30. The van der Waals surface area contributed by atoms with E-state index >= 15 is 0 Å². The summed E-state index contributed by atoms with van der Waals surface area (Å²) in [5, 5.41) is 3.52. The third-order valence-corrected chi connectivity index (χ3v) is 4.21. The summed E-state index contributed by atoms with van der Waals surface area (Å²) in [5.41, 5.74) is 1.90. The van der Waals surface area contributed by atoms with Crippen LogP contribution in [0.2, 0.25) is 0 Å². The molecule has 0 aliphatic rings. The monoisotopic (exact) mass is 327 g/mol. The van der Waals surface area contributed by atoms with Gasteiger partial charge in [-0.3, -0.25) is 4.79 Å². The summed E-state index contributed by atoms with van der Waals surface area (Å²) < 4.78 is 13.1. The predicted molar refractivity (Wildman–Crippen MR) is 89.2 cm³/mol. The third kappa shape index (κ3) is 3.43. The number of anilines is 1. The quantitative estimate of drug-likeness (QED) is 0.784. The number of aromatic nitrogens is 2. The number of nitrogens with zero attached hydrogens (tertiary/aromatic N) is 2. The lowest BCUT2D eigenvalue weighted by Crippen LogP contribution is -2.14. The normalized spacial score (nSPS) is 10.6. The second-order valence-electron chi connectivity index (χ2n) is 5.04. The number of hydrogen-bond donors (Lipinski definition) is 1. The highest BCUT2D eigenvalue weighted by Gasteiger charge is 2.19. The Bertz CT molecular complexity index is 859. The van der Waals surface area contributed by atoms with E-state index in [9.17, 15) is 9.18 Å². The first-order valence-electron chi connectivity index (χ1n) is 7.01. The molecule has 3 aromatic rings. The Labute approximate surface area is 137 Å². The fourth-order valence-corrected chi connectivity index (χ4v) is 3.09. The molecule has 2 aromatic heterocycles. The van der Waals surface area contributed by atoms with Gasteiger partial charge >= 0.3 is 0 Å². The van der Waals surface area contributed by atoms with Crippen LogP contribution in [-0.2, 0) is 0 Å². The van der Waals surface area contributed by atoms with Gasteiger partial charge in [0.05, 0.1) is 9.88 Å². The molecule has 23 heavy (non-hydrogen) atoms. The second kappa shape index (κ2) is 6.26. The Morgan fingerprint density at radius 2 is 1.83 bits per heavy atom. The molecule has 0 aliphatic heterocycles.